The van der Waals surface area contributed by atoms with Crippen molar-refractivity contribution in [3.05, 3.63) is 57.6 Å². The molecule has 3 aliphatic rings. The summed E-state index contributed by atoms with van der Waals surface area (Å²) in [7, 11) is 0. The van der Waals surface area contributed by atoms with Crippen LogP contribution in [-0.4, -0.2) is 41.4 Å². The van der Waals surface area contributed by atoms with Gasteiger partial charge in [0.15, 0.2) is 0 Å². The molecule has 7 nitrogen and oxygen atoms in total. The summed E-state index contributed by atoms with van der Waals surface area (Å²) >= 11 is 12.5. The number of fused-ring (bicyclic) bond motifs is 6. The molecule has 0 bridgehead atoms. The summed E-state index contributed by atoms with van der Waals surface area (Å²) in [5.41, 5.74) is -0.263. The first-order valence-electron chi connectivity index (χ1n) is 10.3. The van der Waals surface area contributed by atoms with E-state index in [4.69, 9.17) is 32.7 Å². The zero-order valence-corrected chi connectivity index (χ0v) is 18.9. The van der Waals surface area contributed by atoms with E-state index in [0.717, 1.165) is 0 Å². The maximum atomic E-state index is 13.9. The number of nitrogens with zero attached hydrogens (tertiary/aromatic N) is 1. The molecule has 1 saturated heterocycles. The molecule has 166 valence electrons. The van der Waals surface area contributed by atoms with Crippen molar-refractivity contribution in [3.63, 3.8) is 0 Å². The number of esters is 1. The highest BCUT2D eigenvalue weighted by molar-refractivity contribution is 6.31. The van der Waals surface area contributed by atoms with Crippen LogP contribution in [0.2, 0.25) is 10.0 Å². The summed E-state index contributed by atoms with van der Waals surface area (Å²) in [5, 5.41) is 3.66. The molecule has 1 fully saturated rings. The fourth-order valence-corrected chi connectivity index (χ4v) is 5.61. The Morgan fingerprint density at radius 2 is 1.94 bits per heavy atom. The Bertz CT molecular complexity index is 1170. The number of amides is 2. The summed E-state index contributed by atoms with van der Waals surface area (Å²) < 4.78 is 11.3. The second-order valence-electron chi connectivity index (χ2n) is 8.30. The van der Waals surface area contributed by atoms with Gasteiger partial charge in [-0.05, 0) is 50.2 Å². The van der Waals surface area contributed by atoms with E-state index < -0.39 is 41.2 Å². The van der Waals surface area contributed by atoms with E-state index in [-0.39, 0.29) is 18.8 Å². The van der Waals surface area contributed by atoms with Gasteiger partial charge in [-0.15, -0.1) is 0 Å². The summed E-state index contributed by atoms with van der Waals surface area (Å²) in [6.07, 6.45) is 0. The number of rotatable bonds is 2. The number of carbonyl (C=O) groups excluding carboxylic acids is 3. The highest BCUT2D eigenvalue weighted by atomic mass is 35.5. The second-order valence-corrected chi connectivity index (χ2v) is 9.17. The molecule has 0 spiro atoms. The molecule has 32 heavy (non-hydrogen) atoms. The van der Waals surface area contributed by atoms with Crippen molar-refractivity contribution in [2.45, 2.75) is 25.4 Å². The van der Waals surface area contributed by atoms with Gasteiger partial charge in [-0.1, -0.05) is 23.2 Å². The highest BCUT2D eigenvalue weighted by Gasteiger charge is 2.67. The van der Waals surface area contributed by atoms with E-state index in [2.05, 4.69) is 5.32 Å². The van der Waals surface area contributed by atoms with Gasteiger partial charge < -0.3 is 19.7 Å². The number of halogens is 2. The van der Waals surface area contributed by atoms with Crippen LogP contribution in [0.4, 0.5) is 5.69 Å². The first kappa shape index (κ1) is 21.1. The van der Waals surface area contributed by atoms with Gasteiger partial charge in [0.25, 0.3) is 11.8 Å². The molecule has 4 atom stereocenters. The zero-order chi connectivity index (χ0) is 22.8. The number of hydrogen-bond donors (Lipinski definition) is 1. The first-order valence-corrected chi connectivity index (χ1v) is 11.1. The summed E-state index contributed by atoms with van der Waals surface area (Å²) in [4.78, 5) is 42.3. The van der Waals surface area contributed by atoms with E-state index in [1.54, 1.807) is 44.2 Å². The van der Waals surface area contributed by atoms with Crippen LogP contribution in [0.1, 0.15) is 35.8 Å². The minimum Gasteiger partial charge on any atom is -0.493 e. The molecule has 3 heterocycles. The minimum atomic E-state index is -1.52. The van der Waals surface area contributed by atoms with Gasteiger partial charge in [0, 0.05) is 21.5 Å². The van der Waals surface area contributed by atoms with E-state index in [1.807, 2.05) is 0 Å². The third kappa shape index (κ3) is 2.84. The molecule has 2 aromatic carbocycles. The Balaban J connectivity index is 1.77. The van der Waals surface area contributed by atoms with Crippen LogP contribution in [0.5, 0.6) is 5.75 Å². The monoisotopic (exact) mass is 474 g/mol. The van der Waals surface area contributed by atoms with Gasteiger partial charge in [-0.25, -0.2) is 0 Å². The fraction of sp³-hybridized carbons (Fsp3) is 0.348. The summed E-state index contributed by atoms with van der Waals surface area (Å²) in [6.45, 7) is 3.61. The number of carbonyl (C=O) groups is 3. The summed E-state index contributed by atoms with van der Waals surface area (Å²) in [6, 6.07) is 9.25. The third-order valence-electron chi connectivity index (χ3n) is 6.62. The van der Waals surface area contributed by atoms with Crippen molar-refractivity contribution >= 4 is 46.7 Å². The van der Waals surface area contributed by atoms with Crippen molar-refractivity contribution < 1.29 is 23.9 Å². The Kier molecular flexibility index (Phi) is 4.87. The molecule has 1 N–H and O–H groups in total. The maximum absolute atomic E-state index is 13.9. The van der Waals surface area contributed by atoms with Crippen molar-refractivity contribution in [2.24, 2.45) is 11.8 Å². The molecular weight excluding hydrogens is 455 g/mol. The number of anilines is 1. The average Bonchev–Trinajstić information content (AvgIpc) is 3.00. The lowest BCUT2D eigenvalue weighted by atomic mass is 9.77. The topological polar surface area (TPSA) is 84.9 Å². The molecule has 0 saturated carbocycles. The normalized spacial score (nSPS) is 27.9. The lowest BCUT2D eigenvalue weighted by molar-refractivity contribution is -0.155. The molecule has 5 rings (SSSR count). The number of hydrogen-bond acceptors (Lipinski definition) is 5. The Labute approximate surface area is 194 Å². The van der Waals surface area contributed by atoms with Gasteiger partial charge in [-0.3, -0.25) is 14.4 Å². The van der Waals surface area contributed by atoms with Crippen molar-refractivity contribution in [2.75, 3.05) is 18.5 Å². The number of nitrogens with one attached hydrogen (secondary N) is 1. The predicted octanol–water partition coefficient (Wildman–Crippen LogP) is 4.09. The Hall–Kier alpha value is -2.77. The third-order valence-corrected chi connectivity index (χ3v) is 7.09. The average molecular weight is 475 g/mol. The van der Waals surface area contributed by atoms with E-state index in [0.29, 0.717) is 27.0 Å². The van der Waals surface area contributed by atoms with Gasteiger partial charge in [0.05, 0.1) is 36.4 Å². The Morgan fingerprint density at radius 3 is 2.69 bits per heavy atom. The summed E-state index contributed by atoms with van der Waals surface area (Å²) in [5.74, 6) is -2.30. The first-order chi connectivity index (χ1) is 15.3. The molecular formula is C23H20Cl2N2O5. The van der Waals surface area contributed by atoms with Gasteiger partial charge >= 0.3 is 5.97 Å². The molecule has 2 aromatic rings. The minimum absolute atomic E-state index is 0.150. The zero-order valence-electron chi connectivity index (χ0n) is 17.4. The van der Waals surface area contributed by atoms with Crippen molar-refractivity contribution in [1.29, 1.82) is 0 Å². The highest BCUT2D eigenvalue weighted by Crippen LogP contribution is 2.57. The standard InChI is InChI=1S/C23H20Cl2N2O5/c1-3-31-21(29)18-15-10-32-17-7-5-12(25)9-14(17)19(15)27-20(28)13-8-11(24)4-6-16(13)26-22(30)23(18,27)2/h4-9,15,18-19H,3,10H2,1-2H3,(H,26,30)/t15-,18-,19+,23-/m1/s1. The molecule has 0 aromatic heterocycles. The lowest BCUT2D eigenvalue weighted by Crippen LogP contribution is -2.57. The molecule has 3 aliphatic heterocycles. The largest absolute Gasteiger partial charge is 0.493 e. The SMILES string of the molecule is CCOC(=O)[C@H]1[C@H]2COc3ccc(Cl)cc3[C@@H]2N2C(=O)c3cc(Cl)ccc3NC(=O)[C@@]12C. The molecule has 0 radical (unpaired) electrons. The van der Waals surface area contributed by atoms with E-state index in [1.165, 1.54) is 11.0 Å². The Morgan fingerprint density at radius 1 is 1.22 bits per heavy atom. The smallest absolute Gasteiger partial charge is 0.312 e. The van der Waals surface area contributed by atoms with Crippen molar-refractivity contribution in [1.82, 2.24) is 4.90 Å². The molecule has 0 unspecified atom stereocenters. The van der Waals surface area contributed by atoms with E-state index in [9.17, 15) is 14.4 Å². The van der Waals surface area contributed by atoms with Crippen LogP contribution in [0.3, 0.4) is 0 Å². The van der Waals surface area contributed by atoms with E-state index >= 15 is 0 Å². The van der Waals surface area contributed by atoms with Crippen LogP contribution < -0.4 is 10.1 Å². The molecule has 0 aliphatic carbocycles. The second kappa shape index (κ2) is 7.39. The van der Waals surface area contributed by atoms with Crippen LogP contribution in [0.25, 0.3) is 0 Å². The predicted molar refractivity (Wildman–Crippen MR) is 118 cm³/mol. The molecule has 9 heteroatoms. The van der Waals surface area contributed by atoms with Gasteiger partial charge in [0.1, 0.15) is 11.3 Å². The van der Waals surface area contributed by atoms with Gasteiger partial charge in [0.2, 0.25) is 0 Å². The van der Waals surface area contributed by atoms with Crippen LogP contribution >= 0.6 is 23.2 Å². The fourth-order valence-electron chi connectivity index (χ4n) is 5.26. The van der Waals surface area contributed by atoms with Gasteiger partial charge in [-0.2, -0.15) is 0 Å². The maximum Gasteiger partial charge on any atom is 0.312 e. The van der Waals surface area contributed by atoms with Crippen LogP contribution in [0.15, 0.2) is 36.4 Å². The lowest BCUT2D eigenvalue weighted by Gasteiger charge is -2.38. The van der Waals surface area contributed by atoms with Crippen LogP contribution in [0, 0.1) is 11.8 Å². The quantitative estimate of drug-likeness (QED) is 0.662. The molecule has 2 amide bonds. The van der Waals surface area contributed by atoms with Crippen molar-refractivity contribution in [3.8, 4) is 5.75 Å². The van der Waals surface area contributed by atoms with Crippen LogP contribution in [-0.2, 0) is 14.3 Å². The number of ether oxygens (including phenoxy) is 2. The number of benzene rings is 2.